The van der Waals surface area contributed by atoms with Crippen molar-refractivity contribution < 1.29 is 24.2 Å². The first-order valence-electron chi connectivity index (χ1n) is 9.92. The molecule has 2 fully saturated rings. The number of nitrogens with one attached hydrogen (secondary N) is 3. The lowest BCUT2D eigenvalue weighted by atomic mass is 9.91. The van der Waals surface area contributed by atoms with Crippen LogP contribution in [0, 0.1) is 5.92 Å². The summed E-state index contributed by atoms with van der Waals surface area (Å²) in [6.45, 7) is 1.37. The summed E-state index contributed by atoms with van der Waals surface area (Å²) < 4.78 is 5.25. The van der Waals surface area contributed by atoms with E-state index >= 15 is 0 Å². The van der Waals surface area contributed by atoms with Crippen molar-refractivity contribution in [1.29, 1.82) is 0 Å². The molecule has 0 radical (unpaired) electrons. The van der Waals surface area contributed by atoms with Crippen molar-refractivity contribution in [2.24, 2.45) is 5.92 Å². The van der Waals surface area contributed by atoms with Gasteiger partial charge in [0.25, 0.3) is 5.91 Å². The third kappa shape index (κ3) is 5.30. The largest absolute Gasteiger partial charge is 0.394 e. The summed E-state index contributed by atoms with van der Waals surface area (Å²) in [5.74, 6) is -1.19. The molecule has 1 aromatic rings. The van der Waals surface area contributed by atoms with Crippen LogP contribution in [0.3, 0.4) is 0 Å². The highest BCUT2D eigenvalue weighted by molar-refractivity contribution is 5.99. The zero-order chi connectivity index (χ0) is 21.0. The van der Waals surface area contributed by atoms with Crippen molar-refractivity contribution in [3.8, 4) is 0 Å². The number of aromatic amines is 1. The van der Waals surface area contributed by atoms with Gasteiger partial charge in [-0.05, 0) is 25.3 Å². The van der Waals surface area contributed by atoms with Crippen LogP contribution in [0.4, 0.5) is 0 Å². The fourth-order valence-corrected chi connectivity index (χ4v) is 3.71. The number of pyridine rings is 1. The van der Waals surface area contributed by atoms with Gasteiger partial charge in [0.2, 0.25) is 11.5 Å². The van der Waals surface area contributed by atoms with Crippen molar-refractivity contribution in [2.75, 3.05) is 13.2 Å². The number of amides is 2. The van der Waals surface area contributed by atoms with E-state index in [-0.39, 0.29) is 11.5 Å². The number of H-pyrrole nitrogens is 1. The number of aliphatic hydroxyl groups is 1. The maximum Gasteiger partial charge on any atom is 0.268 e. The third-order valence-electron chi connectivity index (χ3n) is 5.59. The molecule has 2 aliphatic rings. The van der Waals surface area contributed by atoms with Gasteiger partial charge in [0.05, 0.1) is 19.3 Å². The Labute approximate surface area is 168 Å². The average Bonchev–Trinajstić information content (AvgIpc) is 3.24. The lowest BCUT2D eigenvalue weighted by molar-refractivity contribution is -0.132. The maximum atomic E-state index is 12.8. The Morgan fingerprint density at radius 2 is 1.93 bits per heavy atom. The first-order chi connectivity index (χ1) is 13.8. The van der Waals surface area contributed by atoms with Gasteiger partial charge in [0.15, 0.2) is 5.78 Å². The second-order valence-electron chi connectivity index (χ2n) is 7.97. The summed E-state index contributed by atoms with van der Waals surface area (Å²) in [5.41, 5.74) is -1.36. The molecule has 0 aromatic carbocycles. The number of hydrogen-bond donors (Lipinski definition) is 4. The second-order valence-corrected chi connectivity index (χ2v) is 7.97. The van der Waals surface area contributed by atoms with Gasteiger partial charge in [-0.25, -0.2) is 0 Å². The topological polar surface area (TPSA) is 141 Å². The minimum Gasteiger partial charge on any atom is -0.394 e. The van der Waals surface area contributed by atoms with Gasteiger partial charge in [-0.2, -0.15) is 0 Å². The molecular weight excluding hydrogens is 378 g/mol. The van der Waals surface area contributed by atoms with Gasteiger partial charge < -0.3 is 25.5 Å². The number of aromatic nitrogens is 1. The predicted octanol–water partition coefficient (Wildman–Crippen LogP) is -0.111. The molecule has 9 nitrogen and oxygen atoms in total. The Morgan fingerprint density at radius 3 is 2.52 bits per heavy atom. The number of carbonyl (C=O) groups excluding carboxylic acids is 3. The number of aliphatic hydroxyl groups excluding tert-OH is 1. The predicted molar refractivity (Wildman–Crippen MR) is 103 cm³/mol. The Bertz CT molecular complexity index is 826. The van der Waals surface area contributed by atoms with Crippen LogP contribution in [0.1, 0.15) is 49.5 Å². The van der Waals surface area contributed by atoms with E-state index in [1.807, 2.05) is 0 Å². The highest BCUT2D eigenvalue weighted by Gasteiger charge is 2.50. The summed E-state index contributed by atoms with van der Waals surface area (Å²) >= 11 is 0. The van der Waals surface area contributed by atoms with E-state index in [1.165, 1.54) is 18.2 Å². The van der Waals surface area contributed by atoms with Gasteiger partial charge in [-0.1, -0.05) is 31.7 Å². The molecule has 3 atom stereocenters. The number of hydrogen-bond acceptors (Lipinski definition) is 6. The van der Waals surface area contributed by atoms with Gasteiger partial charge >= 0.3 is 0 Å². The normalized spacial score (nSPS) is 23.2. The van der Waals surface area contributed by atoms with Gasteiger partial charge in [0, 0.05) is 6.07 Å². The van der Waals surface area contributed by atoms with E-state index in [0.29, 0.717) is 18.9 Å². The summed E-state index contributed by atoms with van der Waals surface area (Å²) in [5, 5.41) is 14.7. The first kappa shape index (κ1) is 21.2. The minimum absolute atomic E-state index is 0.0266. The van der Waals surface area contributed by atoms with Crippen LogP contribution in [-0.2, 0) is 14.3 Å². The molecule has 0 spiro atoms. The standard InChI is InChI=1S/C20H27N3O6/c1-20(11-29-20)17(26)14(9-12-5-2-3-6-12)22-19(28)15(10-24)23-18(27)13-7-4-8-16(25)21-13/h4,7-8,12,14-15,24H,2-3,5-6,9-11H2,1H3,(H,21,25)(H,22,28)(H,23,27)/t14-,15-,20+/m0/s1. The summed E-state index contributed by atoms with van der Waals surface area (Å²) in [6, 6.07) is 2.07. The summed E-state index contributed by atoms with van der Waals surface area (Å²) in [7, 11) is 0. The van der Waals surface area contributed by atoms with Crippen molar-refractivity contribution in [2.45, 2.75) is 56.7 Å². The molecule has 3 rings (SSSR count). The van der Waals surface area contributed by atoms with E-state index in [9.17, 15) is 24.3 Å². The molecule has 0 bridgehead atoms. The van der Waals surface area contributed by atoms with E-state index in [4.69, 9.17) is 4.74 Å². The molecular formula is C20H27N3O6. The first-order valence-corrected chi connectivity index (χ1v) is 9.92. The second kappa shape index (κ2) is 8.87. The Kier molecular flexibility index (Phi) is 6.49. The number of ether oxygens (including phenoxy) is 1. The van der Waals surface area contributed by atoms with Crippen LogP contribution < -0.4 is 16.2 Å². The van der Waals surface area contributed by atoms with E-state index in [0.717, 1.165) is 25.7 Å². The monoisotopic (exact) mass is 405 g/mol. The highest BCUT2D eigenvalue weighted by atomic mass is 16.6. The van der Waals surface area contributed by atoms with E-state index in [2.05, 4.69) is 15.6 Å². The third-order valence-corrected chi connectivity index (χ3v) is 5.59. The molecule has 29 heavy (non-hydrogen) atoms. The number of epoxide rings is 1. The quantitative estimate of drug-likeness (QED) is 0.423. The molecule has 1 saturated heterocycles. The lowest BCUT2D eigenvalue weighted by Crippen LogP contribution is -2.55. The maximum absolute atomic E-state index is 12.8. The number of carbonyl (C=O) groups is 3. The van der Waals surface area contributed by atoms with E-state index in [1.54, 1.807) is 6.92 Å². The van der Waals surface area contributed by atoms with Crippen molar-refractivity contribution >= 4 is 17.6 Å². The molecule has 9 heteroatoms. The van der Waals surface area contributed by atoms with Crippen molar-refractivity contribution in [3.63, 3.8) is 0 Å². The number of rotatable bonds is 9. The van der Waals surface area contributed by atoms with Crippen LogP contribution in [0.2, 0.25) is 0 Å². The Balaban J connectivity index is 1.66. The Morgan fingerprint density at radius 1 is 1.24 bits per heavy atom. The average molecular weight is 405 g/mol. The van der Waals surface area contributed by atoms with Gasteiger partial charge in [0.1, 0.15) is 17.3 Å². The summed E-state index contributed by atoms with van der Waals surface area (Å²) in [4.78, 5) is 51.5. The molecule has 1 aromatic heterocycles. The van der Waals surface area contributed by atoms with Crippen LogP contribution in [0.15, 0.2) is 23.0 Å². The molecule has 1 saturated carbocycles. The molecule has 1 aliphatic carbocycles. The molecule has 0 unspecified atom stereocenters. The van der Waals surface area contributed by atoms with Gasteiger partial charge in [-0.15, -0.1) is 0 Å². The smallest absolute Gasteiger partial charge is 0.268 e. The molecule has 2 amide bonds. The molecule has 4 N–H and O–H groups in total. The zero-order valence-electron chi connectivity index (χ0n) is 16.4. The fourth-order valence-electron chi connectivity index (χ4n) is 3.71. The SMILES string of the molecule is C[C@]1(C(=O)[C@H](CC2CCCC2)NC(=O)[C@H](CO)NC(=O)c2cccc(=O)[nH]2)CO1. The minimum atomic E-state index is -1.25. The van der Waals surface area contributed by atoms with Gasteiger partial charge in [-0.3, -0.25) is 19.2 Å². The zero-order valence-corrected chi connectivity index (χ0v) is 16.4. The molecule has 1 aliphatic heterocycles. The van der Waals surface area contributed by atoms with Crippen molar-refractivity contribution in [3.05, 3.63) is 34.2 Å². The van der Waals surface area contributed by atoms with Crippen LogP contribution in [0.25, 0.3) is 0 Å². The highest BCUT2D eigenvalue weighted by Crippen LogP contribution is 2.33. The summed E-state index contributed by atoms with van der Waals surface area (Å²) in [6.07, 6.45) is 4.76. The number of Topliss-reactive ketones (excluding diaryl/α,β-unsaturated/α-hetero) is 1. The van der Waals surface area contributed by atoms with E-state index < -0.39 is 41.7 Å². The van der Waals surface area contributed by atoms with Crippen LogP contribution in [0.5, 0.6) is 0 Å². The van der Waals surface area contributed by atoms with Crippen molar-refractivity contribution in [1.82, 2.24) is 15.6 Å². The van der Waals surface area contributed by atoms with Crippen LogP contribution in [-0.4, -0.2) is 58.6 Å². The number of ketones is 1. The molecule has 158 valence electrons. The fraction of sp³-hybridized carbons (Fsp3) is 0.600. The lowest BCUT2D eigenvalue weighted by Gasteiger charge is -2.25. The van der Waals surface area contributed by atoms with Crippen LogP contribution >= 0.6 is 0 Å². The molecule has 2 heterocycles. The Hall–Kier alpha value is -2.52.